The highest BCUT2D eigenvalue weighted by molar-refractivity contribution is 6.12. The van der Waals surface area contributed by atoms with Crippen LogP contribution in [0.4, 0.5) is 0 Å². The van der Waals surface area contributed by atoms with E-state index < -0.39 is 5.60 Å². The van der Waals surface area contributed by atoms with Crippen LogP contribution in [0, 0.1) is 0 Å². The summed E-state index contributed by atoms with van der Waals surface area (Å²) in [5, 5.41) is 2.81. The lowest BCUT2D eigenvalue weighted by Gasteiger charge is -2.24. The van der Waals surface area contributed by atoms with Gasteiger partial charge in [-0.05, 0) is 26.7 Å². The topological polar surface area (TPSA) is 102 Å². The summed E-state index contributed by atoms with van der Waals surface area (Å²) in [6.07, 6.45) is 5.18. The number of ether oxygens (including phenoxy) is 1. The van der Waals surface area contributed by atoms with Gasteiger partial charge in [0.1, 0.15) is 0 Å². The van der Waals surface area contributed by atoms with Crippen LogP contribution in [-0.4, -0.2) is 48.0 Å². The Morgan fingerprint density at radius 3 is 2.45 bits per heavy atom. The van der Waals surface area contributed by atoms with Gasteiger partial charge < -0.3 is 15.8 Å². The van der Waals surface area contributed by atoms with Crippen LogP contribution in [0.5, 0.6) is 0 Å². The summed E-state index contributed by atoms with van der Waals surface area (Å²) >= 11 is 0. The number of imide groups is 1. The van der Waals surface area contributed by atoms with E-state index in [2.05, 4.69) is 5.32 Å². The molecule has 1 heterocycles. The van der Waals surface area contributed by atoms with Gasteiger partial charge in [-0.15, -0.1) is 0 Å². The standard InChI is InChI=1S/C15H25N3O4/c1-15(2,22-11-16)10-17-12(19)6-4-3-5-9-18-13(20)7-8-14(18)21/h7-8H,3-6,9-11,16H2,1-2H3,(H,17,19). The fourth-order valence-electron chi connectivity index (χ4n) is 2.06. The van der Waals surface area contributed by atoms with E-state index in [1.54, 1.807) is 0 Å². The maximum atomic E-state index is 11.7. The van der Waals surface area contributed by atoms with Crippen LogP contribution < -0.4 is 11.1 Å². The highest BCUT2D eigenvalue weighted by Gasteiger charge is 2.22. The maximum absolute atomic E-state index is 11.7. The van der Waals surface area contributed by atoms with Crippen LogP contribution in [0.1, 0.15) is 39.5 Å². The normalized spacial score (nSPS) is 14.8. The molecule has 0 aromatic carbocycles. The van der Waals surface area contributed by atoms with Crippen molar-refractivity contribution in [3.05, 3.63) is 12.2 Å². The van der Waals surface area contributed by atoms with Crippen molar-refractivity contribution < 1.29 is 19.1 Å². The van der Waals surface area contributed by atoms with Crippen molar-refractivity contribution in [1.29, 1.82) is 0 Å². The van der Waals surface area contributed by atoms with Gasteiger partial charge in [-0.2, -0.15) is 0 Å². The van der Waals surface area contributed by atoms with Crippen molar-refractivity contribution in [2.45, 2.75) is 45.1 Å². The summed E-state index contributed by atoms with van der Waals surface area (Å²) in [5.74, 6) is -0.557. The van der Waals surface area contributed by atoms with Gasteiger partial charge in [0.2, 0.25) is 5.91 Å². The molecule has 1 rings (SSSR count). The number of nitrogens with one attached hydrogen (secondary N) is 1. The molecular formula is C15H25N3O4. The molecule has 0 saturated heterocycles. The minimum Gasteiger partial charge on any atom is -0.359 e. The van der Waals surface area contributed by atoms with E-state index in [0.717, 1.165) is 6.42 Å². The fourth-order valence-corrected chi connectivity index (χ4v) is 2.06. The SMILES string of the molecule is CC(C)(CNC(=O)CCCCCN1C(=O)C=CC1=O)OCN. The molecule has 0 aromatic heterocycles. The number of carbonyl (C=O) groups excluding carboxylic acids is 3. The number of nitrogens with zero attached hydrogens (tertiary/aromatic N) is 1. The van der Waals surface area contributed by atoms with Crippen LogP contribution in [0.2, 0.25) is 0 Å². The first-order valence-electron chi connectivity index (χ1n) is 7.50. The lowest BCUT2D eigenvalue weighted by molar-refractivity contribution is -0.136. The molecule has 0 atom stereocenters. The Kier molecular flexibility index (Phi) is 7.20. The van der Waals surface area contributed by atoms with Gasteiger partial charge in [0.15, 0.2) is 0 Å². The first-order valence-corrected chi connectivity index (χ1v) is 7.50. The Labute approximate surface area is 130 Å². The number of hydrogen-bond acceptors (Lipinski definition) is 5. The summed E-state index contributed by atoms with van der Waals surface area (Å²) in [6.45, 7) is 4.65. The predicted octanol–water partition coefficient (Wildman–Crippen LogP) is 0.299. The number of hydrogen-bond donors (Lipinski definition) is 2. The molecule has 124 valence electrons. The largest absolute Gasteiger partial charge is 0.359 e. The number of unbranched alkanes of at least 4 members (excludes halogenated alkanes) is 2. The molecule has 0 unspecified atom stereocenters. The van der Waals surface area contributed by atoms with E-state index in [1.165, 1.54) is 17.1 Å². The molecular weight excluding hydrogens is 286 g/mol. The minimum atomic E-state index is -0.478. The molecule has 0 fully saturated rings. The van der Waals surface area contributed by atoms with Crippen molar-refractivity contribution in [3.63, 3.8) is 0 Å². The third-order valence-electron chi connectivity index (χ3n) is 3.37. The Balaban J connectivity index is 2.08. The zero-order chi connectivity index (χ0) is 16.6. The van der Waals surface area contributed by atoms with E-state index in [4.69, 9.17) is 10.5 Å². The molecule has 3 N–H and O–H groups in total. The van der Waals surface area contributed by atoms with Gasteiger partial charge in [-0.1, -0.05) is 6.42 Å². The second-order valence-electron chi connectivity index (χ2n) is 5.82. The van der Waals surface area contributed by atoms with E-state index in [-0.39, 0.29) is 24.5 Å². The third-order valence-corrected chi connectivity index (χ3v) is 3.37. The van der Waals surface area contributed by atoms with E-state index in [0.29, 0.717) is 32.4 Å². The van der Waals surface area contributed by atoms with Gasteiger partial charge in [-0.3, -0.25) is 19.3 Å². The van der Waals surface area contributed by atoms with Gasteiger partial charge in [-0.25, -0.2) is 0 Å². The second-order valence-corrected chi connectivity index (χ2v) is 5.82. The van der Waals surface area contributed by atoms with Crippen molar-refractivity contribution >= 4 is 17.7 Å². The van der Waals surface area contributed by atoms with Crippen LogP contribution >= 0.6 is 0 Å². The maximum Gasteiger partial charge on any atom is 0.253 e. The van der Waals surface area contributed by atoms with Crippen LogP contribution in [0.3, 0.4) is 0 Å². The minimum absolute atomic E-state index is 0.0383. The van der Waals surface area contributed by atoms with Gasteiger partial charge in [0, 0.05) is 31.7 Å². The summed E-state index contributed by atoms with van der Waals surface area (Å²) in [7, 11) is 0. The van der Waals surface area contributed by atoms with E-state index >= 15 is 0 Å². The lowest BCUT2D eigenvalue weighted by Crippen LogP contribution is -2.41. The van der Waals surface area contributed by atoms with Crippen molar-refractivity contribution in [2.24, 2.45) is 5.73 Å². The predicted molar refractivity (Wildman–Crippen MR) is 81.6 cm³/mol. The molecule has 7 nitrogen and oxygen atoms in total. The molecule has 22 heavy (non-hydrogen) atoms. The van der Waals surface area contributed by atoms with E-state index in [9.17, 15) is 14.4 Å². The van der Waals surface area contributed by atoms with Crippen LogP contribution in [-0.2, 0) is 19.1 Å². The van der Waals surface area contributed by atoms with Crippen molar-refractivity contribution in [1.82, 2.24) is 10.2 Å². The van der Waals surface area contributed by atoms with E-state index in [1.807, 2.05) is 13.8 Å². The summed E-state index contributed by atoms with van der Waals surface area (Å²) in [5.41, 5.74) is 4.84. The average Bonchev–Trinajstić information content (AvgIpc) is 2.76. The zero-order valence-corrected chi connectivity index (χ0v) is 13.3. The zero-order valence-electron chi connectivity index (χ0n) is 13.3. The molecule has 0 spiro atoms. The monoisotopic (exact) mass is 311 g/mol. The van der Waals surface area contributed by atoms with Gasteiger partial charge in [0.25, 0.3) is 11.8 Å². The van der Waals surface area contributed by atoms with Gasteiger partial charge >= 0.3 is 0 Å². The molecule has 3 amide bonds. The summed E-state index contributed by atoms with van der Waals surface area (Å²) in [4.78, 5) is 35.6. The number of carbonyl (C=O) groups is 3. The quantitative estimate of drug-likeness (QED) is 0.343. The highest BCUT2D eigenvalue weighted by Crippen LogP contribution is 2.08. The van der Waals surface area contributed by atoms with Crippen LogP contribution in [0.15, 0.2) is 12.2 Å². The molecule has 0 radical (unpaired) electrons. The molecule has 7 heteroatoms. The molecule has 1 aliphatic rings. The number of amides is 3. The molecule has 0 aromatic rings. The van der Waals surface area contributed by atoms with Crippen molar-refractivity contribution in [2.75, 3.05) is 19.8 Å². The highest BCUT2D eigenvalue weighted by atomic mass is 16.5. The van der Waals surface area contributed by atoms with Crippen molar-refractivity contribution in [3.8, 4) is 0 Å². The average molecular weight is 311 g/mol. The Bertz CT molecular complexity index is 428. The number of rotatable bonds is 10. The first kappa shape index (κ1) is 18.3. The second kappa shape index (κ2) is 8.65. The molecule has 0 saturated carbocycles. The van der Waals surface area contributed by atoms with Crippen LogP contribution in [0.25, 0.3) is 0 Å². The molecule has 0 bridgehead atoms. The molecule has 0 aliphatic carbocycles. The Hall–Kier alpha value is -1.73. The first-order chi connectivity index (χ1) is 10.4. The fraction of sp³-hybridized carbons (Fsp3) is 0.667. The lowest BCUT2D eigenvalue weighted by atomic mass is 10.1. The Morgan fingerprint density at radius 2 is 1.86 bits per heavy atom. The smallest absolute Gasteiger partial charge is 0.253 e. The third kappa shape index (κ3) is 6.36. The molecule has 1 aliphatic heterocycles. The Morgan fingerprint density at radius 1 is 1.23 bits per heavy atom. The summed E-state index contributed by atoms with van der Waals surface area (Å²) in [6, 6.07) is 0. The van der Waals surface area contributed by atoms with Gasteiger partial charge in [0.05, 0.1) is 12.3 Å². The number of nitrogens with two attached hydrogens (primary N) is 1. The summed E-state index contributed by atoms with van der Waals surface area (Å²) < 4.78 is 5.29.